The standard InChI is InChI=1S/C49H60N12O5S/c1-48(50)17-21-59(22-18-48)41-26-52-44(27-51-41)67-36-9-7-8-35(25-36)53-42(62)10-5-3-4-6-20-58-30-49(31-58)19-23-60(32-49)40-15-13-38(55-56-40)47(66)57(2)28-33-11-12-37-34(24-33)29-61(46(37)65)39-14-16-43(63)54-45(39)64/h7-9,11-13,15,24-27,39H,3-6,10,14,16-23,28-32,50H2,1-2H3,(H,53,62)(H,54,63,64). The van der Waals surface area contributed by atoms with Crippen molar-refractivity contribution >= 4 is 58.6 Å². The Morgan fingerprint density at radius 3 is 2.46 bits per heavy atom. The summed E-state index contributed by atoms with van der Waals surface area (Å²) in [7, 11) is 1.71. The number of imide groups is 1. The number of fused-ring (bicyclic) bond motifs is 1. The van der Waals surface area contributed by atoms with Gasteiger partial charge in [0.1, 0.15) is 16.9 Å². The molecule has 17 nitrogen and oxygen atoms in total. The van der Waals surface area contributed by atoms with Gasteiger partial charge in [-0.3, -0.25) is 29.3 Å². The van der Waals surface area contributed by atoms with Gasteiger partial charge in [-0.25, -0.2) is 9.97 Å². The Bertz CT molecular complexity index is 2490. The number of rotatable bonds is 16. The number of piperidine rings is 2. The summed E-state index contributed by atoms with van der Waals surface area (Å²) in [6.45, 7) is 9.46. The monoisotopic (exact) mass is 928 g/mol. The highest BCUT2D eigenvalue weighted by Crippen LogP contribution is 2.41. The molecule has 0 aliphatic carbocycles. The van der Waals surface area contributed by atoms with Crippen LogP contribution in [0.15, 0.2) is 76.9 Å². The fraction of sp³-hybridized carbons (Fsp3) is 0.490. The molecule has 9 rings (SSSR count). The second-order valence-corrected chi connectivity index (χ2v) is 20.5. The van der Waals surface area contributed by atoms with Gasteiger partial charge in [-0.15, -0.1) is 10.2 Å². The molecular formula is C49H60N12O5S. The van der Waals surface area contributed by atoms with E-state index in [1.807, 2.05) is 54.9 Å². The highest BCUT2D eigenvalue weighted by molar-refractivity contribution is 7.99. The maximum atomic E-state index is 13.4. The number of carbonyl (C=O) groups is 5. The fourth-order valence-corrected chi connectivity index (χ4v) is 10.8. The average Bonchev–Trinajstić information content (AvgIpc) is 3.89. The van der Waals surface area contributed by atoms with E-state index in [9.17, 15) is 24.0 Å². The van der Waals surface area contributed by atoms with Crippen molar-refractivity contribution < 1.29 is 24.0 Å². The molecule has 5 amide bonds. The molecular weight excluding hydrogens is 869 g/mol. The lowest BCUT2D eigenvalue weighted by atomic mass is 9.79. The van der Waals surface area contributed by atoms with E-state index in [0.29, 0.717) is 24.9 Å². The summed E-state index contributed by atoms with van der Waals surface area (Å²) >= 11 is 1.53. The smallest absolute Gasteiger partial charge is 0.274 e. The molecule has 18 heteroatoms. The van der Waals surface area contributed by atoms with Crippen LogP contribution in [0, 0.1) is 5.41 Å². The first kappa shape index (κ1) is 46.1. The molecule has 4 N–H and O–H groups in total. The van der Waals surface area contributed by atoms with Crippen LogP contribution in [0.4, 0.5) is 17.3 Å². The number of nitrogens with one attached hydrogen (secondary N) is 2. The molecule has 2 aromatic carbocycles. The van der Waals surface area contributed by atoms with Crippen LogP contribution in [0.2, 0.25) is 0 Å². The molecule has 7 heterocycles. The minimum atomic E-state index is -0.674. The predicted octanol–water partition coefficient (Wildman–Crippen LogP) is 4.87. The zero-order chi connectivity index (χ0) is 46.7. The molecule has 0 radical (unpaired) electrons. The molecule has 4 saturated heterocycles. The number of amides is 5. The lowest BCUT2D eigenvalue weighted by molar-refractivity contribution is -0.137. The van der Waals surface area contributed by atoms with Gasteiger partial charge in [0, 0.05) is 99.3 Å². The second kappa shape index (κ2) is 19.7. The third-order valence-electron chi connectivity index (χ3n) is 13.9. The lowest BCUT2D eigenvalue weighted by Crippen LogP contribution is -2.57. The predicted molar refractivity (Wildman–Crippen MR) is 254 cm³/mol. The summed E-state index contributed by atoms with van der Waals surface area (Å²) < 4.78 is 0. The molecule has 0 bridgehead atoms. The van der Waals surface area contributed by atoms with Gasteiger partial charge in [-0.1, -0.05) is 42.8 Å². The van der Waals surface area contributed by atoms with Crippen molar-refractivity contribution in [1.82, 2.24) is 40.2 Å². The molecule has 67 heavy (non-hydrogen) atoms. The molecule has 5 aliphatic rings. The molecule has 4 fully saturated rings. The Morgan fingerprint density at radius 1 is 0.896 bits per heavy atom. The largest absolute Gasteiger partial charge is 0.355 e. The fourth-order valence-electron chi connectivity index (χ4n) is 10.1. The zero-order valence-electron chi connectivity index (χ0n) is 38.4. The average molecular weight is 929 g/mol. The summed E-state index contributed by atoms with van der Waals surface area (Å²) in [5.74, 6) is 0.445. The van der Waals surface area contributed by atoms with Crippen molar-refractivity contribution in [2.45, 2.75) is 106 Å². The number of nitrogens with two attached hydrogens (primary N) is 1. The van der Waals surface area contributed by atoms with Gasteiger partial charge < -0.3 is 35.6 Å². The first-order valence-electron chi connectivity index (χ1n) is 23.6. The van der Waals surface area contributed by atoms with E-state index >= 15 is 0 Å². The number of nitrogens with zero attached hydrogens (tertiary/aromatic N) is 9. The van der Waals surface area contributed by atoms with E-state index < -0.39 is 11.9 Å². The van der Waals surface area contributed by atoms with Crippen LogP contribution in [0.25, 0.3) is 0 Å². The third-order valence-corrected chi connectivity index (χ3v) is 14.8. The summed E-state index contributed by atoms with van der Waals surface area (Å²) in [6.07, 6.45) is 11.7. The quantitative estimate of drug-likeness (QED) is 0.101. The van der Waals surface area contributed by atoms with Crippen molar-refractivity contribution in [1.29, 1.82) is 0 Å². The van der Waals surface area contributed by atoms with Gasteiger partial charge in [-0.05, 0) is 99.5 Å². The van der Waals surface area contributed by atoms with Gasteiger partial charge in [-0.2, -0.15) is 0 Å². The van der Waals surface area contributed by atoms with Gasteiger partial charge in [0.05, 0.1) is 12.4 Å². The number of hydrogen-bond donors (Lipinski definition) is 3. The minimum absolute atomic E-state index is 0.0326. The Balaban J connectivity index is 0.645. The van der Waals surface area contributed by atoms with Crippen LogP contribution in [0.1, 0.15) is 103 Å². The normalized spacial score (nSPS) is 19.9. The maximum Gasteiger partial charge on any atom is 0.274 e. The van der Waals surface area contributed by atoms with Crippen molar-refractivity contribution in [3.05, 3.63) is 89.4 Å². The molecule has 2 aromatic heterocycles. The van der Waals surface area contributed by atoms with Crippen molar-refractivity contribution in [3.63, 3.8) is 0 Å². The first-order chi connectivity index (χ1) is 32.3. The van der Waals surface area contributed by atoms with Crippen LogP contribution >= 0.6 is 11.8 Å². The number of aromatic nitrogens is 4. The van der Waals surface area contributed by atoms with Gasteiger partial charge in [0.2, 0.25) is 17.7 Å². The summed E-state index contributed by atoms with van der Waals surface area (Å²) in [6, 6.07) is 16.3. The summed E-state index contributed by atoms with van der Waals surface area (Å²) in [5.41, 5.74) is 9.66. The van der Waals surface area contributed by atoms with E-state index in [2.05, 4.69) is 52.4 Å². The van der Waals surface area contributed by atoms with Crippen LogP contribution in [0.3, 0.4) is 0 Å². The van der Waals surface area contributed by atoms with Crippen molar-refractivity contribution in [2.75, 3.05) is 68.0 Å². The zero-order valence-corrected chi connectivity index (χ0v) is 39.2. The topological polar surface area (TPSA) is 203 Å². The van der Waals surface area contributed by atoms with Crippen molar-refractivity contribution in [2.24, 2.45) is 11.1 Å². The van der Waals surface area contributed by atoms with E-state index in [4.69, 9.17) is 5.73 Å². The SMILES string of the molecule is CN(Cc1ccc2c(c1)CN(C1CCC(=O)NC1=O)C2=O)C(=O)c1ccc(N2CCC3(CN(CCCCCCC(=O)Nc4cccc(Sc5cnc(N6CCC(C)(N)CC6)cn5)c4)C3)C2)nn1. The Kier molecular flexibility index (Phi) is 13.6. The number of carbonyl (C=O) groups excluding carboxylic acids is 5. The van der Waals surface area contributed by atoms with E-state index in [-0.39, 0.29) is 53.2 Å². The Morgan fingerprint density at radius 2 is 1.70 bits per heavy atom. The highest BCUT2D eigenvalue weighted by atomic mass is 32.2. The Hall–Kier alpha value is -5.98. The summed E-state index contributed by atoms with van der Waals surface area (Å²) in [4.78, 5) is 83.7. The van der Waals surface area contributed by atoms with E-state index in [1.165, 1.54) is 16.7 Å². The van der Waals surface area contributed by atoms with E-state index in [0.717, 1.165) is 129 Å². The minimum Gasteiger partial charge on any atom is -0.355 e. The lowest BCUT2D eigenvalue weighted by Gasteiger charge is -2.48. The van der Waals surface area contributed by atoms with E-state index in [1.54, 1.807) is 24.1 Å². The molecule has 1 atom stereocenters. The van der Waals surface area contributed by atoms with Crippen LogP contribution in [-0.2, 0) is 27.5 Å². The third kappa shape index (κ3) is 10.9. The second-order valence-electron chi connectivity index (χ2n) is 19.4. The van der Waals surface area contributed by atoms with Crippen LogP contribution in [-0.4, -0.2) is 129 Å². The number of hydrogen-bond acceptors (Lipinski definition) is 14. The molecule has 0 saturated carbocycles. The molecule has 4 aromatic rings. The molecule has 1 unspecified atom stereocenters. The van der Waals surface area contributed by atoms with Gasteiger partial charge in [0.15, 0.2) is 11.5 Å². The summed E-state index contributed by atoms with van der Waals surface area (Å²) in [5, 5.41) is 15.0. The van der Waals surface area contributed by atoms with Gasteiger partial charge >= 0.3 is 0 Å². The van der Waals surface area contributed by atoms with Crippen molar-refractivity contribution in [3.8, 4) is 0 Å². The highest BCUT2D eigenvalue weighted by Gasteiger charge is 2.47. The van der Waals surface area contributed by atoms with Crippen LogP contribution in [0.5, 0.6) is 0 Å². The maximum absolute atomic E-state index is 13.4. The molecule has 1 spiro atoms. The molecule has 352 valence electrons. The van der Waals surface area contributed by atoms with Crippen LogP contribution < -0.4 is 26.2 Å². The number of unbranched alkanes of at least 4 members (excludes halogenated alkanes) is 3. The van der Waals surface area contributed by atoms with Gasteiger partial charge in [0.25, 0.3) is 11.8 Å². The molecule has 5 aliphatic heterocycles. The number of likely N-dealkylation sites (tertiary alicyclic amines) is 1. The number of anilines is 3. The Labute approximate surface area is 395 Å². The number of benzene rings is 2. The first-order valence-corrected chi connectivity index (χ1v) is 24.4.